The summed E-state index contributed by atoms with van der Waals surface area (Å²) in [7, 11) is 0. The molecule has 0 aliphatic carbocycles. The summed E-state index contributed by atoms with van der Waals surface area (Å²) in [6, 6.07) is 11.3. The van der Waals surface area contributed by atoms with Gasteiger partial charge in [0.05, 0.1) is 17.6 Å². The van der Waals surface area contributed by atoms with Crippen LogP contribution in [0.3, 0.4) is 0 Å². The van der Waals surface area contributed by atoms with Gasteiger partial charge in [-0.05, 0) is 50.1 Å². The van der Waals surface area contributed by atoms with Crippen LogP contribution in [0.4, 0.5) is 24.7 Å². The Bertz CT molecular complexity index is 1290. The summed E-state index contributed by atoms with van der Waals surface area (Å²) >= 11 is 0. The highest BCUT2D eigenvalue weighted by Gasteiger charge is 2.38. The third kappa shape index (κ3) is 5.32. The number of esters is 1. The molecule has 1 amide bonds. The van der Waals surface area contributed by atoms with Gasteiger partial charge in [0.15, 0.2) is 11.8 Å². The number of anilines is 2. The number of amides is 1. The Morgan fingerprint density at radius 1 is 1.20 bits per heavy atom. The van der Waals surface area contributed by atoms with Crippen molar-refractivity contribution < 1.29 is 27.5 Å². The van der Waals surface area contributed by atoms with Gasteiger partial charge in [0.1, 0.15) is 5.82 Å². The second kappa shape index (κ2) is 9.57. The lowest BCUT2D eigenvalue weighted by Gasteiger charge is -2.32. The van der Waals surface area contributed by atoms with Gasteiger partial charge >= 0.3 is 12.1 Å². The van der Waals surface area contributed by atoms with Crippen molar-refractivity contribution in [2.75, 3.05) is 23.3 Å². The standard InChI is InChI=1S/C22H20F3N7O3/c1-13(19(33)27-16-4-2-3-14(11-16)12-26)35-20(34)15-7-9-31(10-8-15)18-6-5-17-28-29-21(22(23,24)25)32(17)30-18/h2-6,11,13,15H,7-10H2,1H3,(H,27,33)/t13-/m0/s1. The van der Waals surface area contributed by atoms with Crippen molar-refractivity contribution in [1.82, 2.24) is 19.8 Å². The van der Waals surface area contributed by atoms with Crippen molar-refractivity contribution in [3.63, 3.8) is 0 Å². The third-order valence-corrected chi connectivity index (χ3v) is 5.58. The molecule has 0 saturated carbocycles. The van der Waals surface area contributed by atoms with Crippen LogP contribution in [0.25, 0.3) is 5.65 Å². The summed E-state index contributed by atoms with van der Waals surface area (Å²) in [6.45, 7) is 2.18. The molecular formula is C22H20F3N7O3. The van der Waals surface area contributed by atoms with E-state index in [0.29, 0.717) is 47.5 Å². The first-order valence-corrected chi connectivity index (χ1v) is 10.7. The molecule has 0 radical (unpaired) electrons. The van der Waals surface area contributed by atoms with E-state index in [1.54, 1.807) is 29.2 Å². The number of benzene rings is 1. The van der Waals surface area contributed by atoms with Gasteiger partial charge in [0.25, 0.3) is 11.7 Å². The molecule has 1 fully saturated rings. The van der Waals surface area contributed by atoms with E-state index in [2.05, 4.69) is 20.6 Å². The molecule has 10 nitrogen and oxygen atoms in total. The number of carbonyl (C=O) groups is 2. The maximum atomic E-state index is 13.1. The zero-order chi connectivity index (χ0) is 25.2. The van der Waals surface area contributed by atoms with Crippen molar-refractivity contribution in [1.29, 1.82) is 5.26 Å². The molecule has 1 atom stereocenters. The van der Waals surface area contributed by atoms with Crippen molar-refractivity contribution in [3.8, 4) is 6.07 Å². The van der Waals surface area contributed by atoms with E-state index in [0.717, 1.165) is 0 Å². The first kappa shape index (κ1) is 23.9. The van der Waals surface area contributed by atoms with Gasteiger partial charge in [-0.25, -0.2) is 0 Å². The summed E-state index contributed by atoms with van der Waals surface area (Å²) < 4.78 is 45.3. The molecule has 4 rings (SSSR count). The number of halogens is 3. The van der Waals surface area contributed by atoms with Crippen molar-refractivity contribution in [3.05, 3.63) is 47.8 Å². The van der Waals surface area contributed by atoms with Gasteiger partial charge in [-0.1, -0.05) is 6.07 Å². The number of nitrogens with zero attached hydrogens (tertiary/aromatic N) is 6. The number of carbonyl (C=O) groups excluding carboxylic acids is 2. The zero-order valence-electron chi connectivity index (χ0n) is 18.5. The molecule has 1 N–H and O–H groups in total. The number of rotatable bonds is 5. The van der Waals surface area contributed by atoms with Crippen LogP contribution in [0, 0.1) is 17.2 Å². The Morgan fingerprint density at radius 3 is 2.63 bits per heavy atom. The maximum Gasteiger partial charge on any atom is 0.453 e. The first-order valence-electron chi connectivity index (χ1n) is 10.7. The predicted molar refractivity (Wildman–Crippen MR) is 116 cm³/mol. The van der Waals surface area contributed by atoms with Crippen LogP contribution in [-0.4, -0.2) is 50.9 Å². The zero-order valence-corrected chi connectivity index (χ0v) is 18.5. The molecule has 13 heteroatoms. The van der Waals surface area contributed by atoms with E-state index in [9.17, 15) is 22.8 Å². The highest BCUT2D eigenvalue weighted by Crippen LogP contribution is 2.29. The minimum Gasteiger partial charge on any atom is -0.452 e. The normalized spacial score (nSPS) is 15.5. The van der Waals surface area contributed by atoms with E-state index < -0.39 is 35.9 Å². The summed E-state index contributed by atoms with van der Waals surface area (Å²) in [5.74, 6) is -2.42. The lowest BCUT2D eigenvalue weighted by Crippen LogP contribution is -2.39. The monoisotopic (exact) mass is 487 g/mol. The van der Waals surface area contributed by atoms with E-state index >= 15 is 0 Å². The van der Waals surface area contributed by atoms with Crippen LogP contribution in [0.1, 0.15) is 31.2 Å². The highest BCUT2D eigenvalue weighted by molar-refractivity contribution is 5.95. The number of hydrogen-bond donors (Lipinski definition) is 1. The summed E-state index contributed by atoms with van der Waals surface area (Å²) in [4.78, 5) is 26.7. The Morgan fingerprint density at radius 2 is 1.94 bits per heavy atom. The molecule has 2 aromatic heterocycles. The lowest BCUT2D eigenvalue weighted by atomic mass is 9.97. The average molecular weight is 487 g/mol. The number of nitrogens with one attached hydrogen (secondary N) is 1. The van der Waals surface area contributed by atoms with Crippen LogP contribution in [-0.2, 0) is 20.5 Å². The van der Waals surface area contributed by atoms with Crippen molar-refractivity contribution in [2.24, 2.45) is 5.92 Å². The second-order valence-corrected chi connectivity index (χ2v) is 8.01. The van der Waals surface area contributed by atoms with Crippen LogP contribution >= 0.6 is 0 Å². The molecule has 35 heavy (non-hydrogen) atoms. The maximum absolute atomic E-state index is 13.1. The van der Waals surface area contributed by atoms with Gasteiger partial charge in [-0.15, -0.1) is 15.3 Å². The Labute approximate surface area is 197 Å². The van der Waals surface area contributed by atoms with Crippen molar-refractivity contribution >= 4 is 29.0 Å². The highest BCUT2D eigenvalue weighted by atomic mass is 19.4. The number of ether oxygens (including phenoxy) is 1. The number of aromatic nitrogens is 4. The molecule has 0 unspecified atom stereocenters. The minimum atomic E-state index is -4.69. The first-order chi connectivity index (χ1) is 16.7. The largest absolute Gasteiger partial charge is 0.453 e. The Kier molecular flexibility index (Phi) is 6.54. The second-order valence-electron chi connectivity index (χ2n) is 8.01. The molecule has 0 spiro atoms. The number of nitriles is 1. The van der Waals surface area contributed by atoms with Gasteiger partial charge in [0.2, 0.25) is 0 Å². The van der Waals surface area contributed by atoms with E-state index in [1.807, 2.05) is 6.07 Å². The average Bonchev–Trinajstić information content (AvgIpc) is 3.28. The Balaban J connectivity index is 1.33. The molecule has 1 aliphatic heterocycles. The quantitative estimate of drug-likeness (QED) is 0.545. The molecular weight excluding hydrogens is 467 g/mol. The minimum absolute atomic E-state index is 0.0221. The van der Waals surface area contributed by atoms with Gasteiger partial charge in [0, 0.05) is 18.8 Å². The lowest BCUT2D eigenvalue weighted by molar-refractivity contribution is -0.158. The van der Waals surface area contributed by atoms with E-state index in [1.165, 1.54) is 19.1 Å². The van der Waals surface area contributed by atoms with E-state index in [-0.39, 0.29) is 5.65 Å². The fourth-order valence-electron chi connectivity index (χ4n) is 3.70. The van der Waals surface area contributed by atoms with Crippen LogP contribution in [0.2, 0.25) is 0 Å². The van der Waals surface area contributed by atoms with Crippen molar-refractivity contribution in [2.45, 2.75) is 32.0 Å². The molecule has 1 aromatic carbocycles. The Hall–Kier alpha value is -4.21. The number of alkyl halides is 3. The molecule has 1 aliphatic rings. The topological polar surface area (TPSA) is 126 Å². The summed E-state index contributed by atoms with van der Waals surface area (Å²) in [5.41, 5.74) is 0.773. The van der Waals surface area contributed by atoms with Gasteiger partial charge in [-0.3, -0.25) is 9.59 Å². The summed E-state index contributed by atoms with van der Waals surface area (Å²) in [6.07, 6.45) is -4.98. The molecule has 0 bridgehead atoms. The predicted octanol–water partition coefficient (Wildman–Crippen LogP) is 2.80. The van der Waals surface area contributed by atoms with E-state index in [4.69, 9.17) is 10.00 Å². The number of piperidine rings is 1. The third-order valence-electron chi connectivity index (χ3n) is 5.58. The number of hydrogen-bond acceptors (Lipinski definition) is 8. The smallest absolute Gasteiger partial charge is 0.452 e. The fourth-order valence-corrected chi connectivity index (χ4v) is 3.70. The van der Waals surface area contributed by atoms with Crippen LogP contribution in [0.5, 0.6) is 0 Å². The molecule has 3 aromatic rings. The molecule has 182 valence electrons. The molecule has 1 saturated heterocycles. The summed E-state index contributed by atoms with van der Waals surface area (Å²) in [5, 5.41) is 22.2. The number of fused-ring (bicyclic) bond motifs is 1. The van der Waals surface area contributed by atoms with Gasteiger partial charge < -0.3 is 15.0 Å². The fraction of sp³-hybridized carbons (Fsp3) is 0.364. The molecule has 3 heterocycles. The SMILES string of the molecule is C[C@H](OC(=O)C1CCN(c2ccc3nnc(C(F)(F)F)n3n2)CC1)C(=O)Nc1cccc(C#N)c1. The van der Waals surface area contributed by atoms with Gasteiger partial charge in [-0.2, -0.15) is 22.9 Å². The van der Waals surface area contributed by atoms with Crippen LogP contribution < -0.4 is 10.2 Å². The van der Waals surface area contributed by atoms with Crippen LogP contribution in [0.15, 0.2) is 36.4 Å².